The molecule has 0 bridgehead atoms. The number of benzene rings is 1. The molecule has 19 heavy (non-hydrogen) atoms. The van der Waals surface area contributed by atoms with E-state index in [1.807, 2.05) is 6.07 Å². The Morgan fingerprint density at radius 1 is 1.42 bits per heavy atom. The fraction of sp³-hybridized carbons (Fsp3) is 0.154. The summed E-state index contributed by atoms with van der Waals surface area (Å²) in [5, 5.41) is 0. The molecule has 2 nitrogen and oxygen atoms in total. The van der Waals surface area contributed by atoms with Crippen LogP contribution in [0.3, 0.4) is 0 Å². The molecule has 0 radical (unpaired) electrons. The summed E-state index contributed by atoms with van der Waals surface area (Å²) < 4.78 is 20.3. The van der Waals surface area contributed by atoms with Crippen LogP contribution in [0.25, 0.3) is 0 Å². The number of carbonyl (C=O) groups excluding carboxylic acids is 1. The van der Waals surface area contributed by atoms with Gasteiger partial charge in [0, 0.05) is 9.35 Å². The van der Waals surface area contributed by atoms with Crippen molar-refractivity contribution in [3.8, 4) is 5.75 Å². The molecule has 6 heteroatoms. The molecule has 2 heterocycles. The second-order valence-electron chi connectivity index (χ2n) is 4.14. The number of halogens is 3. The van der Waals surface area contributed by atoms with Gasteiger partial charge in [0.1, 0.15) is 22.0 Å². The van der Waals surface area contributed by atoms with Crippen LogP contribution < -0.4 is 4.74 Å². The number of rotatable bonds is 1. The van der Waals surface area contributed by atoms with E-state index in [4.69, 9.17) is 16.3 Å². The highest BCUT2D eigenvalue weighted by Crippen LogP contribution is 2.41. The first-order chi connectivity index (χ1) is 9.04. The summed E-state index contributed by atoms with van der Waals surface area (Å²) in [6.07, 6.45) is -0.168. The third-order valence-corrected chi connectivity index (χ3v) is 5.43. The minimum absolute atomic E-state index is 0.119. The van der Waals surface area contributed by atoms with Gasteiger partial charge in [-0.1, -0.05) is 11.6 Å². The minimum atomic E-state index is -0.434. The first-order valence-corrected chi connectivity index (χ1v) is 7.47. The number of thiophene rings is 1. The van der Waals surface area contributed by atoms with Gasteiger partial charge in [0.05, 0.1) is 12.0 Å². The van der Waals surface area contributed by atoms with Crippen LogP contribution in [0, 0.1) is 5.82 Å². The van der Waals surface area contributed by atoms with Crippen molar-refractivity contribution in [2.45, 2.75) is 12.5 Å². The van der Waals surface area contributed by atoms with Crippen LogP contribution in [-0.2, 0) is 0 Å². The van der Waals surface area contributed by atoms with Gasteiger partial charge in [0.15, 0.2) is 5.78 Å². The Kier molecular flexibility index (Phi) is 3.37. The van der Waals surface area contributed by atoms with Gasteiger partial charge >= 0.3 is 0 Å². The molecular weight excluding hydrogens is 355 g/mol. The largest absolute Gasteiger partial charge is 0.484 e. The van der Waals surface area contributed by atoms with E-state index in [0.29, 0.717) is 15.6 Å². The lowest BCUT2D eigenvalue weighted by molar-refractivity contribution is 0.0853. The fourth-order valence-electron chi connectivity index (χ4n) is 1.98. The molecule has 98 valence electrons. The number of fused-ring (bicyclic) bond motifs is 1. The Morgan fingerprint density at radius 3 is 2.89 bits per heavy atom. The quantitative estimate of drug-likeness (QED) is 0.714. The topological polar surface area (TPSA) is 26.3 Å². The van der Waals surface area contributed by atoms with Crippen molar-refractivity contribution >= 4 is 44.7 Å². The summed E-state index contributed by atoms with van der Waals surface area (Å²) in [5.74, 6) is -0.134. The second-order valence-corrected chi connectivity index (χ2v) is 6.68. The lowest BCUT2D eigenvalue weighted by Gasteiger charge is -2.24. The zero-order valence-corrected chi connectivity index (χ0v) is 12.6. The first-order valence-electron chi connectivity index (χ1n) is 5.49. The van der Waals surface area contributed by atoms with Gasteiger partial charge in [0.25, 0.3) is 0 Å². The van der Waals surface area contributed by atoms with Gasteiger partial charge in [0.2, 0.25) is 0 Å². The Labute approximate surface area is 126 Å². The maximum absolute atomic E-state index is 13.1. The van der Waals surface area contributed by atoms with Crippen LogP contribution >= 0.6 is 38.9 Å². The Bertz CT molecular complexity index is 651. The summed E-state index contributed by atoms with van der Waals surface area (Å²) in [4.78, 5) is 12.9. The number of ether oxygens (including phenoxy) is 1. The van der Waals surface area contributed by atoms with Gasteiger partial charge in [-0.15, -0.1) is 11.3 Å². The molecule has 0 spiro atoms. The van der Waals surface area contributed by atoms with Gasteiger partial charge < -0.3 is 4.74 Å². The maximum atomic E-state index is 13.1. The minimum Gasteiger partial charge on any atom is -0.484 e. The van der Waals surface area contributed by atoms with Crippen molar-refractivity contribution in [1.82, 2.24) is 0 Å². The van der Waals surface area contributed by atoms with Crippen LogP contribution in [-0.4, -0.2) is 5.78 Å². The lowest BCUT2D eigenvalue weighted by atomic mass is 10.00. The standard InChI is InChI=1S/C13H7BrClFO2S/c14-8-4-12(19-13(8)15)11-5-9(17)7-3-6(16)1-2-10(7)18-11/h1-4,11H,5H2. The third kappa shape index (κ3) is 2.42. The van der Waals surface area contributed by atoms with E-state index in [0.717, 1.165) is 9.35 Å². The average Bonchev–Trinajstić information content (AvgIpc) is 2.70. The van der Waals surface area contributed by atoms with E-state index in [9.17, 15) is 9.18 Å². The molecule has 1 aliphatic rings. The van der Waals surface area contributed by atoms with Crippen LogP contribution in [0.1, 0.15) is 27.8 Å². The Morgan fingerprint density at radius 2 is 2.21 bits per heavy atom. The van der Waals surface area contributed by atoms with Gasteiger partial charge in [-0.05, 0) is 40.2 Å². The predicted octanol–water partition coefficient (Wildman–Crippen LogP) is 5.01. The molecule has 1 atom stereocenters. The van der Waals surface area contributed by atoms with Crippen LogP contribution in [0.15, 0.2) is 28.7 Å². The number of Topliss-reactive ketones (excluding diaryl/α,β-unsaturated/α-hetero) is 1. The summed E-state index contributed by atoms with van der Waals surface area (Å²) in [6, 6.07) is 5.83. The van der Waals surface area contributed by atoms with Crippen LogP contribution in [0.4, 0.5) is 4.39 Å². The fourth-order valence-corrected chi connectivity index (χ4v) is 3.74. The molecule has 0 N–H and O–H groups in total. The van der Waals surface area contributed by atoms with E-state index in [-0.39, 0.29) is 18.3 Å². The molecule has 2 aromatic rings. The highest BCUT2D eigenvalue weighted by molar-refractivity contribution is 9.10. The third-order valence-electron chi connectivity index (χ3n) is 2.86. The Hall–Kier alpha value is -0.910. The van der Waals surface area contributed by atoms with Crippen molar-refractivity contribution < 1.29 is 13.9 Å². The molecule has 0 saturated carbocycles. The van der Waals surface area contributed by atoms with E-state index < -0.39 is 5.82 Å². The molecule has 0 amide bonds. The molecule has 1 aliphatic heterocycles. The normalized spacial score (nSPS) is 18.1. The molecule has 3 rings (SSSR count). The highest BCUT2D eigenvalue weighted by atomic mass is 79.9. The summed E-state index contributed by atoms with van der Waals surface area (Å²) in [7, 11) is 0. The number of hydrogen-bond donors (Lipinski definition) is 0. The van der Waals surface area contributed by atoms with E-state index in [1.54, 1.807) is 0 Å². The van der Waals surface area contributed by atoms with Gasteiger partial charge in [-0.25, -0.2) is 4.39 Å². The molecular formula is C13H7BrClFO2S. The number of ketones is 1. The van der Waals surface area contributed by atoms with Crippen molar-refractivity contribution in [3.05, 3.63) is 49.3 Å². The smallest absolute Gasteiger partial charge is 0.170 e. The first kappa shape index (κ1) is 13.1. The van der Waals surface area contributed by atoms with Crippen LogP contribution in [0.2, 0.25) is 4.34 Å². The summed E-state index contributed by atoms with van der Waals surface area (Å²) in [6.45, 7) is 0. The zero-order chi connectivity index (χ0) is 13.6. The molecule has 0 saturated heterocycles. The van der Waals surface area contributed by atoms with Gasteiger partial charge in [-0.2, -0.15) is 0 Å². The zero-order valence-electron chi connectivity index (χ0n) is 9.45. The van der Waals surface area contributed by atoms with Crippen molar-refractivity contribution in [2.75, 3.05) is 0 Å². The lowest BCUT2D eigenvalue weighted by Crippen LogP contribution is -2.19. The molecule has 1 aromatic heterocycles. The SMILES string of the molecule is O=C1CC(c2cc(Br)c(Cl)s2)Oc2ccc(F)cc21. The monoisotopic (exact) mass is 360 g/mol. The van der Waals surface area contributed by atoms with E-state index in [2.05, 4.69) is 15.9 Å². The van der Waals surface area contributed by atoms with Crippen LogP contribution in [0.5, 0.6) is 5.75 Å². The summed E-state index contributed by atoms with van der Waals surface area (Å²) in [5.41, 5.74) is 0.304. The number of carbonyl (C=O) groups is 1. The van der Waals surface area contributed by atoms with Crippen molar-refractivity contribution in [1.29, 1.82) is 0 Å². The van der Waals surface area contributed by atoms with E-state index in [1.165, 1.54) is 29.5 Å². The Balaban J connectivity index is 1.97. The highest BCUT2D eigenvalue weighted by Gasteiger charge is 2.29. The van der Waals surface area contributed by atoms with Gasteiger partial charge in [-0.3, -0.25) is 4.79 Å². The maximum Gasteiger partial charge on any atom is 0.170 e. The van der Waals surface area contributed by atoms with Crippen molar-refractivity contribution in [2.24, 2.45) is 0 Å². The average molecular weight is 362 g/mol. The molecule has 0 aliphatic carbocycles. The summed E-state index contributed by atoms with van der Waals surface area (Å²) >= 11 is 10.7. The molecule has 0 fully saturated rings. The predicted molar refractivity (Wildman–Crippen MR) is 75.7 cm³/mol. The van der Waals surface area contributed by atoms with Crippen molar-refractivity contribution in [3.63, 3.8) is 0 Å². The molecule has 1 aromatic carbocycles. The second kappa shape index (κ2) is 4.89. The number of hydrogen-bond acceptors (Lipinski definition) is 3. The van der Waals surface area contributed by atoms with E-state index >= 15 is 0 Å². The molecule has 1 unspecified atom stereocenters.